The van der Waals surface area contributed by atoms with Gasteiger partial charge in [-0.1, -0.05) is 196 Å². The van der Waals surface area contributed by atoms with Gasteiger partial charge in [-0.15, -0.1) is 0 Å². The summed E-state index contributed by atoms with van der Waals surface area (Å²) in [5.74, 6) is 2.12. The maximum atomic E-state index is 7.43. The Labute approximate surface area is 320 Å². The molecule has 0 N–H and O–H groups in total. The molecular weight excluding hydrogens is 752 g/mol. The van der Waals surface area contributed by atoms with E-state index in [4.69, 9.17) is 8.85 Å². The first-order valence-corrected chi connectivity index (χ1v) is 27.9. The van der Waals surface area contributed by atoms with Crippen LogP contribution in [0.1, 0.15) is 196 Å². The van der Waals surface area contributed by atoms with Gasteiger partial charge in [0.25, 0.3) is 16.6 Å². The van der Waals surface area contributed by atoms with Crippen LogP contribution in [0, 0.1) is 0 Å². The average Bonchev–Trinajstić information content (AvgIpc) is 3.08. The van der Waals surface area contributed by atoms with Gasteiger partial charge in [-0.25, -0.2) is 0 Å². The summed E-state index contributed by atoms with van der Waals surface area (Å²) in [5.41, 5.74) is 0. The fourth-order valence-corrected chi connectivity index (χ4v) is 17.3. The highest BCUT2D eigenvalue weighted by molar-refractivity contribution is 9.11. The molecule has 0 unspecified atom stereocenters. The molecule has 0 radical (unpaired) electrons. The van der Waals surface area contributed by atoms with Gasteiger partial charge in [0.05, 0.1) is 8.95 Å². The van der Waals surface area contributed by atoms with Gasteiger partial charge in [0.2, 0.25) is 0 Å². The van der Waals surface area contributed by atoms with Crippen LogP contribution in [0.2, 0.25) is 36.3 Å². The Bertz CT molecular complexity index is 762. The van der Waals surface area contributed by atoms with E-state index in [1.165, 1.54) is 190 Å². The zero-order chi connectivity index (χ0) is 35.4. The predicted molar refractivity (Wildman–Crippen MR) is 228 cm³/mol. The fourth-order valence-electron chi connectivity index (χ4n) is 7.43. The molecule has 0 atom stereocenters. The molecule has 0 fully saturated rings. The second-order valence-electron chi connectivity index (χ2n) is 15.1. The summed E-state index contributed by atoms with van der Waals surface area (Å²) in [6, 6.07) is 12.4. The molecule has 282 valence electrons. The second kappa shape index (κ2) is 29.8. The van der Waals surface area contributed by atoms with Gasteiger partial charge in [-0.3, -0.25) is 0 Å². The molecule has 0 aromatic heterocycles. The van der Waals surface area contributed by atoms with E-state index in [2.05, 4.69) is 85.5 Å². The molecule has 1 aromatic rings. The first-order valence-electron chi connectivity index (χ1n) is 21.2. The second-order valence-corrected chi connectivity index (χ2v) is 25.0. The molecule has 0 spiro atoms. The van der Waals surface area contributed by atoms with Crippen molar-refractivity contribution in [2.75, 3.05) is 0 Å². The van der Waals surface area contributed by atoms with Crippen LogP contribution >= 0.6 is 31.9 Å². The van der Waals surface area contributed by atoms with Crippen molar-refractivity contribution in [2.24, 2.45) is 0 Å². The molecule has 6 heteroatoms. The van der Waals surface area contributed by atoms with Crippen LogP contribution in [0.5, 0.6) is 11.5 Å². The smallest absolute Gasteiger partial charge is 0.251 e. The van der Waals surface area contributed by atoms with Gasteiger partial charge in [0.15, 0.2) is 0 Å². The van der Waals surface area contributed by atoms with Crippen molar-refractivity contribution >= 4 is 48.5 Å². The molecule has 48 heavy (non-hydrogen) atoms. The lowest BCUT2D eigenvalue weighted by molar-refractivity contribution is 0.487. The van der Waals surface area contributed by atoms with Crippen molar-refractivity contribution in [2.45, 2.75) is 232 Å². The fraction of sp³-hybridized carbons (Fsp3) is 0.857. The third kappa shape index (κ3) is 20.3. The van der Waals surface area contributed by atoms with E-state index >= 15 is 0 Å². The van der Waals surface area contributed by atoms with E-state index in [1.807, 2.05) is 0 Å². The van der Waals surface area contributed by atoms with Crippen molar-refractivity contribution in [1.29, 1.82) is 0 Å². The summed E-state index contributed by atoms with van der Waals surface area (Å²) in [5, 5.41) is 0. The Hall–Kier alpha value is 0.214. The van der Waals surface area contributed by atoms with Crippen LogP contribution in [-0.2, 0) is 0 Å². The largest absolute Gasteiger partial charge is 0.543 e. The number of hydrogen-bond acceptors (Lipinski definition) is 2. The minimum atomic E-state index is -1.96. The molecule has 0 saturated carbocycles. The lowest BCUT2D eigenvalue weighted by atomic mass is 10.2. The van der Waals surface area contributed by atoms with E-state index < -0.39 is 16.6 Å². The van der Waals surface area contributed by atoms with E-state index in [9.17, 15) is 0 Å². The minimum absolute atomic E-state index is 1.06. The van der Waals surface area contributed by atoms with Crippen molar-refractivity contribution in [3.05, 3.63) is 21.1 Å². The van der Waals surface area contributed by atoms with Crippen LogP contribution in [0.25, 0.3) is 0 Å². The van der Waals surface area contributed by atoms with Crippen LogP contribution in [0.15, 0.2) is 21.1 Å². The molecule has 0 amide bonds. The number of rotatable bonds is 34. The van der Waals surface area contributed by atoms with Crippen molar-refractivity contribution in [3.63, 3.8) is 0 Å². The van der Waals surface area contributed by atoms with Crippen molar-refractivity contribution < 1.29 is 8.85 Å². The highest BCUT2D eigenvalue weighted by Crippen LogP contribution is 2.43. The molecule has 0 saturated heterocycles. The summed E-state index contributed by atoms with van der Waals surface area (Å²) in [7, 11) is -3.93. The van der Waals surface area contributed by atoms with Gasteiger partial charge in [-0.05, 0) is 80.3 Å². The monoisotopic (exact) mass is 830 g/mol. The van der Waals surface area contributed by atoms with Crippen LogP contribution < -0.4 is 8.85 Å². The molecule has 0 aliphatic rings. The molecular formula is C42H80Br2O2Si2. The van der Waals surface area contributed by atoms with Gasteiger partial charge < -0.3 is 8.85 Å². The number of halogens is 2. The van der Waals surface area contributed by atoms with Gasteiger partial charge in [0, 0.05) is 0 Å². The Balaban J connectivity index is 3.41. The zero-order valence-electron chi connectivity index (χ0n) is 32.9. The first-order chi connectivity index (χ1) is 23.3. The molecule has 0 heterocycles. The predicted octanol–water partition coefficient (Wildman–Crippen LogP) is 17.3. The summed E-state index contributed by atoms with van der Waals surface area (Å²) < 4.78 is 17.1. The van der Waals surface area contributed by atoms with Crippen LogP contribution in [-0.4, -0.2) is 16.6 Å². The lowest BCUT2D eigenvalue weighted by Crippen LogP contribution is -2.42. The number of benzene rings is 1. The van der Waals surface area contributed by atoms with E-state index in [0.29, 0.717) is 0 Å². The standard InChI is InChI=1S/C42H80Br2O2Si2/c1-7-13-19-25-31-47(32-26-20-14-8-2,33-27-21-15-9-3)45-41-37-40(44)42(38-39(41)43)46-48(34-28-22-16-10-4,35-29-23-17-11-5)36-30-24-18-12-6/h37-38H,7-36H2,1-6H3. The highest BCUT2D eigenvalue weighted by atomic mass is 79.9. The molecule has 0 aliphatic heterocycles. The SMILES string of the molecule is CCCCCC[Si](CCCCCC)(CCCCCC)Oc1cc(Br)c(O[Si](CCCCCC)(CCCCCC)CCCCCC)cc1Br. The van der Waals surface area contributed by atoms with Gasteiger partial charge in [0.1, 0.15) is 11.5 Å². The summed E-state index contributed by atoms with van der Waals surface area (Å²) in [4.78, 5) is 0. The average molecular weight is 833 g/mol. The third-order valence-electron chi connectivity index (χ3n) is 10.6. The normalized spacial score (nSPS) is 12.2. The molecule has 1 aromatic carbocycles. The number of hydrogen-bond donors (Lipinski definition) is 0. The van der Waals surface area contributed by atoms with Gasteiger partial charge in [-0.2, -0.15) is 0 Å². The van der Waals surface area contributed by atoms with Crippen molar-refractivity contribution in [3.8, 4) is 11.5 Å². The summed E-state index contributed by atoms with van der Waals surface area (Å²) in [6.07, 6.45) is 31.9. The lowest BCUT2D eigenvalue weighted by Gasteiger charge is -2.35. The van der Waals surface area contributed by atoms with Crippen molar-refractivity contribution in [1.82, 2.24) is 0 Å². The van der Waals surface area contributed by atoms with Gasteiger partial charge >= 0.3 is 0 Å². The maximum Gasteiger partial charge on any atom is 0.251 e. The topological polar surface area (TPSA) is 18.5 Å². The molecule has 0 bridgehead atoms. The Morgan fingerprint density at radius 1 is 0.354 bits per heavy atom. The molecule has 0 aliphatic carbocycles. The van der Waals surface area contributed by atoms with Crippen LogP contribution in [0.3, 0.4) is 0 Å². The van der Waals surface area contributed by atoms with E-state index in [-0.39, 0.29) is 0 Å². The van der Waals surface area contributed by atoms with Crippen LogP contribution in [0.4, 0.5) is 0 Å². The zero-order valence-corrected chi connectivity index (χ0v) is 38.1. The summed E-state index contributed by atoms with van der Waals surface area (Å²) >= 11 is 8.10. The molecule has 1 rings (SSSR count). The third-order valence-corrected chi connectivity index (χ3v) is 20.7. The summed E-state index contributed by atoms with van der Waals surface area (Å²) in [6.45, 7) is 14.0. The van der Waals surface area contributed by atoms with E-state index in [0.717, 1.165) is 20.4 Å². The Morgan fingerprint density at radius 3 is 0.750 bits per heavy atom. The maximum absolute atomic E-state index is 7.43. The number of unbranched alkanes of at least 4 members (excludes halogenated alkanes) is 18. The Morgan fingerprint density at radius 2 is 0.562 bits per heavy atom. The highest BCUT2D eigenvalue weighted by Gasteiger charge is 2.38. The molecule has 2 nitrogen and oxygen atoms in total. The quantitative estimate of drug-likeness (QED) is 0.0509. The van der Waals surface area contributed by atoms with E-state index in [1.54, 1.807) is 0 Å². The Kier molecular flexibility index (Phi) is 28.7. The first kappa shape index (κ1) is 46.2. The minimum Gasteiger partial charge on any atom is -0.543 e.